The van der Waals surface area contributed by atoms with E-state index in [2.05, 4.69) is 10.6 Å². The molecule has 2 aliphatic rings. The van der Waals surface area contributed by atoms with E-state index < -0.39 is 48.0 Å². The van der Waals surface area contributed by atoms with Crippen LogP contribution in [0.2, 0.25) is 5.02 Å². The predicted molar refractivity (Wildman–Crippen MR) is 172 cm³/mol. The summed E-state index contributed by atoms with van der Waals surface area (Å²) >= 11 is 6.30. The maximum absolute atomic E-state index is 13.4. The highest BCUT2D eigenvalue weighted by Gasteiger charge is 2.47. The van der Waals surface area contributed by atoms with Crippen molar-refractivity contribution in [3.8, 4) is 5.75 Å². The Morgan fingerprint density at radius 2 is 1.74 bits per heavy atom. The van der Waals surface area contributed by atoms with Crippen LogP contribution in [-0.4, -0.2) is 61.3 Å². The Hall–Kier alpha value is -3.89. The molecule has 7 atom stereocenters. The third-order valence-corrected chi connectivity index (χ3v) is 8.33. The van der Waals surface area contributed by atoms with Crippen molar-refractivity contribution in [1.82, 2.24) is 10.6 Å². The number of rotatable bonds is 8. The fourth-order valence-electron chi connectivity index (χ4n) is 5.52. The zero-order chi connectivity index (χ0) is 33.4. The SMILES string of the molecule is COc1ccc(C[C@H]2NC(=O)/C=C/C[C@@H]([C@H](C)C3O[C@@H]3c3ccccc3)OC(=O)[C@H](CC(C)C)OC(=O)C[C@@H](C)NC2=O)cc1Cl. The first-order valence-corrected chi connectivity index (χ1v) is 16.0. The zero-order valence-electron chi connectivity index (χ0n) is 26.9. The minimum absolute atomic E-state index is 0.0361. The topological polar surface area (TPSA) is 133 Å². The van der Waals surface area contributed by atoms with Crippen molar-refractivity contribution in [2.24, 2.45) is 11.8 Å². The minimum Gasteiger partial charge on any atom is -0.495 e. The van der Waals surface area contributed by atoms with Crippen LogP contribution in [0.4, 0.5) is 0 Å². The van der Waals surface area contributed by atoms with Gasteiger partial charge in [0.1, 0.15) is 24.0 Å². The smallest absolute Gasteiger partial charge is 0.347 e. The van der Waals surface area contributed by atoms with E-state index in [1.54, 1.807) is 31.2 Å². The van der Waals surface area contributed by atoms with Crippen LogP contribution in [0.1, 0.15) is 64.2 Å². The first-order chi connectivity index (χ1) is 21.9. The molecular weight excluding hydrogens is 612 g/mol. The number of methoxy groups -OCH3 is 1. The Morgan fingerprint density at radius 3 is 2.41 bits per heavy atom. The van der Waals surface area contributed by atoms with Crippen molar-refractivity contribution in [3.05, 3.63) is 76.8 Å². The number of hydrogen-bond donors (Lipinski definition) is 2. The van der Waals surface area contributed by atoms with Gasteiger partial charge in [-0.1, -0.05) is 74.8 Å². The zero-order valence-corrected chi connectivity index (χ0v) is 27.6. The maximum Gasteiger partial charge on any atom is 0.347 e. The lowest BCUT2D eigenvalue weighted by molar-refractivity contribution is -0.174. The summed E-state index contributed by atoms with van der Waals surface area (Å²) in [7, 11) is 1.51. The van der Waals surface area contributed by atoms with Crippen LogP contribution >= 0.6 is 11.6 Å². The Bertz CT molecular complexity index is 1410. The van der Waals surface area contributed by atoms with E-state index in [1.165, 1.54) is 13.2 Å². The number of cyclic esters (lactones) is 2. The van der Waals surface area contributed by atoms with E-state index in [-0.39, 0.29) is 49.7 Å². The van der Waals surface area contributed by atoms with E-state index in [1.807, 2.05) is 51.1 Å². The molecule has 2 aromatic carbocycles. The van der Waals surface area contributed by atoms with Crippen molar-refractivity contribution < 1.29 is 38.1 Å². The lowest BCUT2D eigenvalue weighted by Crippen LogP contribution is -2.50. The van der Waals surface area contributed by atoms with Gasteiger partial charge in [-0.15, -0.1) is 0 Å². The average Bonchev–Trinajstić information content (AvgIpc) is 3.80. The van der Waals surface area contributed by atoms with Gasteiger partial charge in [0, 0.05) is 24.8 Å². The maximum atomic E-state index is 13.4. The molecule has 2 aromatic rings. The molecule has 1 fully saturated rings. The summed E-state index contributed by atoms with van der Waals surface area (Å²) in [6, 6.07) is 13.3. The van der Waals surface area contributed by atoms with Crippen LogP contribution in [0.3, 0.4) is 0 Å². The van der Waals surface area contributed by atoms with Gasteiger partial charge in [-0.05, 0) is 48.6 Å². The number of esters is 2. The largest absolute Gasteiger partial charge is 0.495 e. The van der Waals surface area contributed by atoms with Crippen molar-refractivity contribution in [2.75, 3.05) is 7.11 Å². The van der Waals surface area contributed by atoms with Crippen LogP contribution in [-0.2, 0) is 39.8 Å². The van der Waals surface area contributed by atoms with Gasteiger partial charge in [0.05, 0.1) is 24.7 Å². The summed E-state index contributed by atoms with van der Waals surface area (Å²) in [5.41, 5.74) is 1.73. The van der Waals surface area contributed by atoms with E-state index in [0.717, 1.165) is 5.56 Å². The van der Waals surface area contributed by atoms with Crippen LogP contribution < -0.4 is 15.4 Å². The van der Waals surface area contributed by atoms with Crippen LogP contribution in [0.15, 0.2) is 60.7 Å². The molecule has 0 radical (unpaired) electrons. The molecule has 0 bridgehead atoms. The van der Waals surface area contributed by atoms with Crippen molar-refractivity contribution in [3.63, 3.8) is 0 Å². The summed E-state index contributed by atoms with van der Waals surface area (Å²) in [6.45, 7) is 7.42. The molecule has 10 nitrogen and oxygen atoms in total. The molecule has 2 N–H and O–H groups in total. The summed E-state index contributed by atoms with van der Waals surface area (Å²) in [6.07, 6.45) is 1.23. The molecule has 248 valence electrons. The second kappa shape index (κ2) is 16.1. The molecule has 0 saturated carbocycles. The Balaban J connectivity index is 1.58. The van der Waals surface area contributed by atoms with E-state index in [4.69, 9.17) is 30.5 Å². The van der Waals surface area contributed by atoms with Crippen LogP contribution in [0.25, 0.3) is 0 Å². The molecule has 2 amide bonds. The van der Waals surface area contributed by atoms with Crippen LogP contribution in [0.5, 0.6) is 5.75 Å². The standard InChI is InChI=1S/C35H43ClN2O8/c1-20(2)16-29-35(42)45-27(22(4)32-33(46-32)24-10-7-6-8-11-24)12-9-13-30(39)38-26(34(41)37-21(3)17-31(40)44-29)19-23-14-15-28(43-5)25(36)18-23/h6-11,13-15,18,20-22,26-27,29,32-33H,12,16-17,19H2,1-5H3,(H,37,41)(H,38,39)/b13-9+/t21-,22+,26-,27+,29+,32?,33-/m1/s1. The third-order valence-electron chi connectivity index (χ3n) is 8.04. The lowest BCUT2D eigenvalue weighted by atomic mass is 9.93. The van der Waals surface area contributed by atoms with Gasteiger partial charge in [-0.25, -0.2) is 4.79 Å². The number of amides is 2. The molecule has 0 aliphatic carbocycles. The molecule has 0 spiro atoms. The number of benzene rings is 2. The third kappa shape index (κ3) is 9.80. The van der Waals surface area contributed by atoms with E-state index >= 15 is 0 Å². The Morgan fingerprint density at radius 1 is 1.00 bits per heavy atom. The highest BCUT2D eigenvalue weighted by Crippen LogP contribution is 2.45. The number of epoxide rings is 1. The lowest BCUT2D eigenvalue weighted by Gasteiger charge is -2.26. The number of halogens is 1. The highest BCUT2D eigenvalue weighted by atomic mass is 35.5. The van der Waals surface area contributed by atoms with Crippen molar-refractivity contribution in [1.29, 1.82) is 0 Å². The molecule has 2 aliphatic heterocycles. The van der Waals surface area contributed by atoms with Gasteiger partial charge in [-0.3, -0.25) is 14.4 Å². The molecule has 46 heavy (non-hydrogen) atoms. The fraction of sp³-hybridized carbons (Fsp3) is 0.486. The Kier molecular flexibility index (Phi) is 12.2. The van der Waals surface area contributed by atoms with Crippen LogP contribution in [0, 0.1) is 11.8 Å². The van der Waals surface area contributed by atoms with Crippen molar-refractivity contribution in [2.45, 2.75) is 89.9 Å². The molecule has 11 heteroatoms. The molecule has 1 saturated heterocycles. The normalized spacial score (nSPS) is 27.5. The van der Waals surface area contributed by atoms with Crippen molar-refractivity contribution >= 4 is 35.4 Å². The molecule has 0 aromatic heterocycles. The number of carbonyl (C=O) groups excluding carboxylic acids is 4. The second-order valence-corrected chi connectivity index (χ2v) is 12.8. The molecule has 1 unspecified atom stereocenters. The first kappa shape index (κ1) is 35.0. The Labute approximate surface area is 275 Å². The van der Waals surface area contributed by atoms with Gasteiger partial charge in [0.25, 0.3) is 0 Å². The minimum atomic E-state index is -1.12. The summed E-state index contributed by atoms with van der Waals surface area (Å²) in [4.78, 5) is 52.9. The molecule has 2 heterocycles. The summed E-state index contributed by atoms with van der Waals surface area (Å²) < 4.78 is 22.9. The van der Waals surface area contributed by atoms with Gasteiger partial charge in [0.2, 0.25) is 11.8 Å². The average molecular weight is 655 g/mol. The fourth-order valence-corrected chi connectivity index (χ4v) is 5.80. The van der Waals surface area contributed by atoms with Gasteiger partial charge >= 0.3 is 11.9 Å². The second-order valence-electron chi connectivity index (χ2n) is 12.4. The number of hydrogen-bond acceptors (Lipinski definition) is 8. The number of nitrogens with one attached hydrogen (secondary N) is 2. The quantitative estimate of drug-likeness (QED) is 0.304. The predicted octanol–water partition coefficient (Wildman–Crippen LogP) is 4.88. The first-order valence-electron chi connectivity index (χ1n) is 15.6. The molecule has 4 rings (SSSR count). The van der Waals surface area contributed by atoms with Gasteiger partial charge < -0.3 is 29.6 Å². The van der Waals surface area contributed by atoms with E-state index in [0.29, 0.717) is 16.3 Å². The number of carbonyl (C=O) groups is 4. The van der Waals surface area contributed by atoms with E-state index in [9.17, 15) is 19.2 Å². The molecular formula is C35H43ClN2O8. The summed E-state index contributed by atoms with van der Waals surface area (Å²) in [5.74, 6) is -2.01. The summed E-state index contributed by atoms with van der Waals surface area (Å²) in [5, 5.41) is 5.91. The monoisotopic (exact) mass is 654 g/mol. The van der Waals surface area contributed by atoms with Gasteiger partial charge in [-0.2, -0.15) is 0 Å². The number of ether oxygens (including phenoxy) is 4. The highest BCUT2D eigenvalue weighted by molar-refractivity contribution is 6.32. The van der Waals surface area contributed by atoms with Gasteiger partial charge in [0.15, 0.2) is 6.10 Å².